The fourth-order valence-corrected chi connectivity index (χ4v) is 4.56. The van der Waals surface area contributed by atoms with Crippen molar-refractivity contribution in [2.45, 2.75) is 6.92 Å². The van der Waals surface area contributed by atoms with Crippen LogP contribution < -0.4 is 4.74 Å². The monoisotopic (exact) mass is 446 g/mol. The summed E-state index contributed by atoms with van der Waals surface area (Å²) in [5.41, 5.74) is 2.05. The van der Waals surface area contributed by atoms with Gasteiger partial charge in [-0.05, 0) is 66.0 Å². The number of hydrogen-bond acceptors (Lipinski definition) is 6. The summed E-state index contributed by atoms with van der Waals surface area (Å²) in [6.07, 6.45) is 1.90. The fourth-order valence-electron chi connectivity index (χ4n) is 3.51. The summed E-state index contributed by atoms with van der Waals surface area (Å²) < 4.78 is 10.2. The Morgan fingerprint density at radius 2 is 1.75 bits per heavy atom. The van der Waals surface area contributed by atoms with E-state index in [1.807, 2.05) is 49.4 Å². The maximum absolute atomic E-state index is 13.1. The summed E-state index contributed by atoms with van der Waals surface area (Å²) in [7, 11) is 2.99. The highest BCUT2D eigenvalue weighted by atomic mass is 32.2. The van der Waals surface area contributed by atoms with Gasteiger partial charge in [-0.15, -0.1) is 0 Å². The van der Waals surface area contributed by atoms with Crippen molar-refractivity contribution in [3.05, 3.63) is 76.7 Å². The molecule has 0 spiro atoms. The number of likely N-dealkylation sites (N-methyl/N-ethyl adjacent to an activating group) is 1. The predicted octanol–water partition coefficient (Wildman–Crippen LogP) is 5.26. The zero-order chi connectivity index (χ0) is 22.7. The lowest BCUT2D eigenvalue weighted by molar-refractivity contribution is -0.122. The maximum atomic E-state index is 13.1. The standard InChI is InChI=1S/C25H22N2O4S/c1-4-27-23(28)22(15-17-11-14-21(30-2)20-8-6-5-7-19(17)20)32-25(27)26-18-12-9-16(10-13-18)24(29)31-3/h5-15H,4H2,1-3H3/b22-15+,26-25?. The molecular formula is C25H22N2O4S. The van der Waals surface area contributed by atoms with Gasteiger partial charge in [-0.2, -0.15) is 0 Å². The number of fused-ring (bicyclic) bond motifs is 1. The molecule has 1 aliphatic rings. The summed E-state index contributed by atoms with van der Waals surface area (Å²) in [6, 6.07) is 18.6. The summed E-state index contributed by atoms with van der Waals surface area (Å²) >= 11 is 1.34. The van der Waals surface area contributed by atoms with Crippen LogP contribution in [-0.2, 0) is 9.53 Å². The number of benzene rings is 3. The number of ether oxygens (including phenoxy) is 2. The number of hydrogen-bond donors (Lipinski definition) is 0. The molecule has 1 saturated heterocycles. The molecule has 7 heteroatoms. The molecule has 1 heterocycles. The average molecular weight is 447 g/mol. The molecule has 0 saturated carbocycles. The van der Waals surface area contributed by atoms with Gasteiger partial charge in [0.25, 0.3) is 5.91 Å². The van der Waals surface area contributed by atoms with Gasteiger partial charge in [0, 0.05) is 11.9 Å². The molecule has 162 valence electrons. The summed E-state index contributed by atoms with van der Waals surface area (Å²) in [4.78, 5) is 31.6. The second kappa shape index (κ2) is 9.28. The largest absolute Gasteiger partial charge is 0.496 e. The first kappa shape index (κ1) is 21.6. The van der Waals surface area contributed by atoms with Crippen molar-refractivity contribution >= 4 is 51.3 Å². The van der Waals surface area contributed by atoms with Crippen LogP contribution in [0.4, 0.5) is 5.69 Å². The zero-order valence-corrected chi connectivity index (χ0v) is 18.8. The van der Waals surface area contributed by atoms with E-state index in [0.29, 0.717) is 27.9 Å². The van der Waals surface area contributed by atoms with Crippen molar-refractivity contribution in [3.8, 4) is 5.75 Å². The zero-order valence-electron chi connectivity index (χ0n) is 18.0. The van der Waals surface area contributed by atoms with E-state index in [1.54, 1.807) is 36.3 Å². The number of aliphatic imine (C=N–C) groups is 1. The van der Waals surface area contributed by atoms with Crippen LogP contribution in [0.2, 0.25) is 0 Å². The second-order valence-electron chi connectivity index (χ2n) is 7.00. The lowest BCUT2D eigenvalue weighted by Gasteiger charge is -2.12. The molecule has 0 radical (unpaired) electrons. The van der Waals surface area contributed by atoms with Gasteiger partial charge in [0.15, 0.2) is 5.17 Å². The second-order valence-corrected chi connectivity index (χ2v) is 8.00. The SMILES string of the molecule is CCN1C(=O)/C(=C\c2ccc(OC)c3ccccc23)SC1=Nc1ccc(C(=O)OC)cc1. The van der Waals surface area contributed by atoms with Crippen LogP contribution in [-0.4, -0.2) is 42.7 Å². The molecule has 4 rings (SSSR count). The highest BCUT2D eigenvalue weighted by Crippen LogP contribution is 2.36. The fraction of sp³-hybridized carbons (Fsp3) is 0.160. The Morgan fingerprint density at radius 1 is 1.03 bits per heavy atom. The predicted molar refractivity (Wildman–Crippen MR) is 128 cm³/mol. The van der Waals surface area contributed by atoms with Crippen LogP contribution in [0.3, 0.4) is 0 Å². The van der Waals surface area contributed by atoms with E-state index in [2.05, 4.69) is 4.99 Å². The van der Waals surface area contributed by atoms with E-state index in [0.717, 1.165) is 22.1 Å². The Hall–Kier alpha value is -3.58. The third-order valence-electron chi connectivity index (χ3n) is 5.14. The normalized spacial score (nSPS) is 16.2. The van der Waals surface area contributed by atoms with Gasteiger partial charge >= 0.3 is 5.97 Å². The molecular weight excluding hydrogens is 424 g/mol. The van der Waals surface area contributed by atoms with Crippen molar-refractivity contribution in [1.29, 1.82) is 0 Å². The molecule has 0 unspecified atom stereocenters. The van der Waals surface area contributed by atoms with Gasteiger partial charge in [-0.1, -0.05) is 30.3 Å². The Morgan fingerprint density at radius 3 is 2.41 bits per heavy atom. The van der Waals surface area contributed by atoms with Crippen LogP contribution in [0.1, 0.15) is 22.8 Å². The van der Waals surface area contributed by atoms with E-state index in [-0.39, 0.29) is 5.91 Å². The van der Waals surface area contributed by atoms with E-state index in [1.165, 1.54) is 18.9 Å². The van der Waals surface area contributed by atoms with Crippen molar-refractivity contribution in [2.24, 2.45) is 4.99 Å². The maximum Gasteiger partial charge on any atom is 0.337 e. The molecule has 3 aromatic rings. The minimum absolute atomic E-state index is 0.0812. The number of amides is 1. The first-order chi connectivity index (χ1) is 15.5. The number of amidine groups is 1. The summed E-state index contributed by atoms with van der Waals surface area (Å²) in [5, 5.41) is 2.61. The van der Waals surface area contributed by atoms with E-state index >= 15 is 0 Å². The molecule has 0 bridgehead atoms. The average Bonchev–Trinajstić information content (AvgIpc) is 3.12. The van der Waals surface area contributed by atoms with Gasteiger partial charge in [0.05, 0.1) is 30.4 Å². The smallest absolute Gasteiger partial charge is 0.337 e. The number of carbonyl (C=O) groups excluding carboxylic acids is 2. The Kier molecular flexibility index (Phi) is 6.28. The van der Waals surface area contributed by atoms with Gasteiger partial charge in [0.2, 0.25) is 0 Å². The van der Waals surface area contributed by atoms with Crippen molar-refractivity contribution in [1.82, 2.24) is 4.90 Å². The molecule has 3 aromatic carbocycles. The molecule has 1 amide bonds. The molecule has 1 fully saturated rings. The minimum Gasteiger partial charge on any atom is -0.496 e. The van der Waals surface area contributed by atoms with Gasteiger partial charge in [0.1, 0.15) is 5.75 Å². The Bertz CT molecular complexity index is 1250. The summed E-state index contributed by atoms with van der Waals surface area (Å²) in [6.45, 7) is 2.42. The van der Waals surface area contributed by atoms with Gasteiger partial charge < -0.3 is 9.47 Å². The lowest BCUT2D eigenvalue weighted by atomic mass is 10.0. The quantitative estimate of drug-likeness (QED) is 0.395. The molecule has 0 aromatic heterocycles. The topological polar surface area (TPSA) is 68.2 Å². The van der Waals surface area contributed by atoms with Crippen LogP contribution in [0.15, 0.2) is 70.6 Å². The first-order valence-corrected chi connectivity index (χ1v) is 10.9. The van der Waals surface area contributed by atoms with Gasteiger partial charge in [-0.3, -0.25) is 9.69 Å². The van der Waals surface area contributed by atoms with Gasteiger partial charge in [-0.25, -0.2) is 9.79 Å². The number of carbonyl (C=O) groups is 2. The molecule has 0 aliphatic carbocycles. The van der Waals surface area contributed by atoms with Crippen molar-refractivity contribution < 1.29 is 19.1 Å². The van der Waals surface area contributed by atoms with Crippen molar-refractivity contribution in [2.75, 3.05) is 20.8 Å². The Labute approximate surface area is 190 Å². The first-order valence-electron chi connectivity index (χ1n) is 10.1. The van der Waals surface area contributed by atoms with E-state index < -0.39 is 5.97 Å². The highest BCUT2D eigenvalue weighted by Gasteiger charge is 2.32. The molecule has 32 heavy (non-hydrogen) atoms. The van der Waals surface area contributed by atoms with Crippen LogP contribution in [0, 0.1) is 0 Å². The Balaban J connectivity index is 1.69. The molecule has 0 atom stereocenters. The number of thioether (sulfide) groups is 1. The third-order valence-corrected chi connectivity index (χ3v) is 6.15. The minimum atomic E-state index is -0.401. The molecule has 1 aliphatic heterocycles. The molecule has 6 nitrogen and oxygen atoms in total. The van der Waals surface area contributed by atoms with E-state index in [9.17, 15) is 9.59 Å². The summed E-state index contributed by atoms with van der Waals surface area (Å²) in [5.74, 6) is 0.310. The number of rotatable bonds is 5. The van der Waals surface area contributed by atoms with Crippen LogP contribution in [0.5, 0.6) is 5.75 Å². The number of nitrogens with zero attached hydrogens (tertiary/aromatic N) is 2. The van der Waals surface area contributed by atoms with Crippen LogP contribution >= 0.6 is 11.8 Å². The number of methoxy groups -OCH3 is 2. The van der Waals surface area contributed by atoms with Crippen LogP contribution in [0.25, 0.3) is 16.8 Å². The third kappa shape index (κ3) is 4.11. The van der Waals surface area contributed by atoms with E-state index in [4.69, 9.17) is 9.47 Å². The lowest BCUT2D eigenvalue weighted by Crippen LogP contribution is -2.28. The number of esters is 1. The molecule has 0 N–H and O–H groups in total. The highest BCUT2D eigenvalue weighted by molar-refractivity contribution is 8.18. The van der Waals surface area contributed by atoms with Crippen molar-refractivity contribution in [3.63, 3.8) is 0 Å².